The molecule has 1 amide bonds. The molecule has 0 bridgehead atoms. The second kappa shape index (κ2) is 8.76. The summed E-state index contributed by atoms with van der Waals surface area (Å²) in [4.78, 5) is 23.2. The van der Waals surface area contributed by atoms with Gasteiger partial charge in [-0.05, 0) is 41.8 Å². The molecule has 0 saturated carbocycles. The highest BCUT2D eigenvalue weighted by Gasteiger charge is 2.08. The van der Waals surface area contributed by atoms with E-state index in [1.165, 1.54) is 24.3 Å². The van der Waals surface area contributed by atoms with Gasteiger partial charge in [0.05, 0.1) is 0 Å². The number of halogens is 2. The fraction of sp³-hybridized carbons (Fsp3) is 0.222. The van der Waals surface area contributed by atoms with E-state index in [2.05, 4.69) is 5.32 Å². The molecule has 6 heteroatoms. The van der Waals surface area contributed by atoms with Crippen molar-refractivity contribution in [3.8, 4) is 0 Å². The van der Waals surface area contributed by atoms with Crippen molar-refractivity contribution in [2.24, 2.45) is 0 Å². The van der Waals surface area contributed by atoms with E-state index >= 15 is 0 Å². The minimum Gasteiger partial charge on any atom is -0.456 e. The molecule has 126 valence electrons. The second-order valence-corrected chi connectivity index (χ2v) is 5.19. The first-order valence-electron chi connectivity index (χ1n) is 7.44. The molecule has 0 saturated heterocycles. The second-order valence-electron chi connectivity index (χ2n) is 5.19. The summed E-state index contributed by atoms with van der Waals surface area (Å²) in [5, 5.41) is 2.57. The summed E-state index contributed by atoms with van der Waals surface area (Å²) in [5.41, 5.74) is 1.56. The number of hydrogen-bond donors (Lipinski definition) is 1. The number of rotatable bonds is 7. The Balaban J connectivity index is 1.64. The SMILES string of the molecule is O=C(COC(=O)CCc1ccc(F)cc1)NCc1ccc(F)cc1. The molecule has 4 nitrogen and oxygen atoms in total. The predicted octanol–water partition coefficient (Wildman–Crippen LogP) is 2.76. The van der Waals surface area contributed by atoms with Gasteiger partial charge >= 0.3 is 5.97 Å². The van der Waals surface area contributed by atoms with Gasteiger partial charge in [0, 0.05) is 13.0 Å². The van der Waals surface area contributed by atoms with E-state index < -0.39 is 11.9 Å². The molecule has 24 heavy (non-hydrogen) atoms. The van der Waals surface area contributed by atoms with Gasteiger partial charge < -0.3 is 10.1 Å². The number of amides is 1. The van der Waals surface area contributed by atoms with Crippen molar-refractivity contribution in [2.45, 2.75) is 19.4 Å². The molecule has 0 aliphatic rings. The maximum Gasteiger partial charge on any atom is 0.306 e. The van der Waals surface area contributed by atoms with Crippen LogP contribution >= 0.6 is 0 Å². The normalized spacial score (nSPS) is 10.2. The summed E-state index contributed by atoms with van der Waals surface area (Å²) in [6, 6.07) is 11.6. The van der Waals surface area contributed by atoms with Crippen LogP contribution in [0.5, 0.6) is 0 Å². The molecule has 0 aliphatic carbocycles. The van der Waals surface area contributed by atoms with Crippen LogP contribution in [0.3, 0.4) is 0 Å². The van der Waals surface area contributed by atoms with Crippen LogP contribution in [-0.4, -0.2) is 18.5 Å². The summed E-state index contributed by atoms with van der Waals surface area (Å²) in [7, 11) is 0. The summed E-state index contributed by atoms with van der Waals surface area (Å²) in [6.45, 7) is -0.143. The van der Waals surface area contributed by atoms with Gasteiger partial charge in [-0.1, -0.05) is 24.3 Å². The highest BCUT2D eigenvalue weighted by atomic mass is 19.1. The van der Waals surface area contributed by atoms with E-state index in [0.29, 0.717) is 6.42 Å². The smallest absolute Gasteiger partial charge is 0.306 e. The van der Waals surface area contributed by atoms with Crippen LogP contribution in [0, 0.1) is 11.6 Å². The van der Waals surface area contributed by atoms with Crippen molar-refractivity contribution < 1.29 is 23.1 Å². The third-order valence-electron chi connectivity index (χ3n) is 3.30. The monoisotopic (exact) mass is 333 g/mol. The number of hydrogen-bond acceptors (Lipinski definition) is 3. The van der Waals surface area contributed by atoms with E-state index in [9.17, 15) is 18.4 Å². The molecule has 1 N–H and O–H groups in total. The van der Waals surface area contributed by atoms with E-state index in [-0.39, 0.29) is 31.2 Å². The number of carbonyl (C=O) groups excluding carboxylic acids is 2. The Kier molecular flexibility index (Phi) is 6.42. The fourth-order valence-corrected chi connectivity index (χ4v) is 1.97. The largest absolute Gasteiger partial charge is 0.456 e. The lowest BCUT2D eigenvalue weighted by molar-refractivity contribution is -0.148. The van der Waals surface area contributed by atoms with Gasteiger partial charge in [0.15, 0.2) is 6.61 Å². The summed E-state index contributed by atoms with van der Waals surface area (Å²) < 4.78 is 30.4. The molecule has 0 spiro atoms. The van der Waals surface area contributed by atoms with E-state index in [4.69, 9.17) is 4.74 Å². The minimum atomic E-state index is -0.503. The van der Waals surface area contributed by atoms with Crippen LogP contribution in [0.15, 0.2) is 48.5 Å². The number of esters is 1. The molecule has 0 aromatic heterocycles. The lowest BCUT2D eigenvalue weighted by Gasteiger charge is -2.07. The Hall–Kier alpha value is -2.76. The molecule has 0 aliphatic heterocycles. The highest BCUT2D eigenvalue weighted by molar-refractivity contribution is 5.80. The van der Waals surface area contributed by atoms with Crippen LogP contribution in [-0.2, 0) is 27.3 Å². The average Bonchev–Trinajstić information content (AvgIpc) is 2.59. The van der Waals surface area contributed by atoms with E-state index in [1.54, 1.807) is 24.3 Å². The molecule has 0 atom stereocenters. The van der Waals surface area contributed by atoms with Crippen molar-refractivity contribution in [3.05, 3.63) is 71.3 Å². The maximum atomic E-state index is 12.8. The third-order valence-corrected chi connectivity index (χ3v) is 3.30. The molecule has 2 rings (SSSR count). The van der Waals surface area contributed by atoms with Crippen molar-refractivity contribution in [1.29, 1.82) is 0 Å². The van der Waals surface area contributed by atoms with Crippen LogP contribution in [0.2, 0.25) is 0 Å². The molecular weight excluding hydrogens is 316 g/mol. The average molecular weight is 333 g/mol. The minimum absolute atomic E-state index is 0.108. The van der Waals surface area contributed by atoms with Crippen molar-refractivity contribution in [2.75, 3.05) is 6.61 Å². The first-order chi connectivity index (χ1) is 11.5. The lowest BCUT2D eigenvalue weighted by Crippen LogP contribution is -2.28. The zero-order valence-corrected chi connectivity index (χ0v) is 12.9. The summed E-state index contributed by atoms with van der Waals surface area (Å²) >= 11 is 0. The summed E-state index contributed by atoms with van der Waals surface area (Å²) in [5.74, 6) is -1.62. The van der Waals surface area contributed by atoms with Crippen molar-refractivity contribution in [3.63, 3.8) is 0 Å². The number of benzene rings is 2. The van der Waals surface area contributed by atoms with Crippen LogP contribution in [0.1, 0.15) is 17.5 Å². The van der Waals surface area contributed by atoms with Gasteiger partial charge in [0.25, 0.3) is 5.91 Å². The van der Waals surface area contributed by atoms with Gasteiger partial charge in [0.1, 0.15) is 11.6 Å². The molecule has 2 aromatic rings. The lowest BCUT2D eigenvalue weighted by atomic mass is 10.1. The number of aryl methyl sites for hydroxylation is 1. The number of ether oxygens (including phenoxy) is 1. The predicted molar refractivity (Wildman–Crippen MR) is 83.9 cm³/mol. The van der Waals surface area contributed by atoms with Gasteiger partial charge in [-0.25, -0.2) is 8.78 Å². The quantitative estimate of drug-likeness (QED) is 0.793. The fourth-order valence-electron chi connectivity index (χ4n) is 1.97. The topological polar surface area (TPSA) is 55.4 Å². The van der Waals surface area contributed by atoms with Gasteiger partial charge in [-0.2, -0.15) is 0 Å². The molecule has 0 heterocycles. The highest BCUT2D eigenvalue weighted by Crippen LogP contribution is 2.06. The molecule has 0 radical (unpaired) electrons. The summed E-state index contributed by atoms with van der Waals surface area (Å²) in [6.07, 6.45) is 0.521. The molecule has 0 unspecified atom stereocenters. The Morgan fingerprint density at radius 3 is 2.00 bits per heavy atom. The van der Waals surface area contributed by atoms with E-state index in [0.717, 1.165) is 11.1 Å². The third kappa shape index (κ3) is 6.16. The van der Waals surface area contributed by atoms with Crippen molar-refractivity contribution >= 4 is 11.9 Å². The number of nitrogens with one attached hydrogen (secondary N) is 1. The first kappa shape index (κ1) is 17.6. The first-order valence-corrected chi connectivity index (χ1v) is 7.44. The Labute approximate surface area is 138 Å². The van der Waals surface area contributed by atoms with Crippen LogP contribution in [0.25, 0.3) is 0 Å². The van der Waals surface area contributed by atoms with Crippen LogP contribution < -0.4 is 5.32 Å². The zero-order chi connectivity index (χ0) is 17.4. The molecule has 2 aromatic carbocycles. The van der Waals surface area contributed by atoms with Gasteiger partial charge in [-0.15, -0.1) is 0 Å². The Morgan fingerprint density at radius 1 is 0.875 bits per heavy atom. The van der Waals surface area contributed by atoms with Gasteiger partial charge in [-0.3, -0.25) is 9.59 Å². The molecule has 0 fully saturated rings. The molecular formula is C18H17F2NO3. The Bertz CT molecular complexity index is 623. The van der Waals surface area contributed by atoms with Crippen LogP contribution in [0.4, 0.5) is 8.78 Å². The number of carbonyl (C=O) groups is 2. The standard InChI is InChI=1S/C18H17F2NO3/c19-15-6-1-13(2-7-15)5-10-18(23)24-12-17(22)21-11-14-3-8-16(20)9-4-14/h1-4,6-9H,5,10-12H2,(H,21,22). The maximum absolute atomic E-state index is 12.8. The van der Waals surface area contributed by atoms with E-state index in [1.807, 2.05) is 0 Å². The Morgan fingerprint density at radius 2 is 1.42 bits per heavy atom. The zero-order valence-electron chi connectivity index (χ0n) is 12.9. The van der Waals surface area contributed by atoms with Gasteiger partial charge in [0.2, 0.25) is 0 Å². The van der Waals surface area contributed by atoms with Crippen molar-refractivity contribution in [1.82, 2.24) is 5.32 Å².